The van der Waals surface area contributed by atoms with Crippen LogP contribution >= 0.6 is 22.9 Å². The second-order valence-electron chi connectivity index (χ2n) is 4.59. The Morgan fingerprint density at radius 3 is 2.81 bits per heavy atom. The number of thiophene rings is 1. The van der Waals surface area contributed by atoms with Crippen LogP contribution in [0.5, 0.6) is 5.75 Å². The molecular formula is C15H17ClN2O2S. The first kappa shape index (κ1) is 15.7. The van der Waals surface area contributed by atoms with Crippen molar-refractivity contribution in [2.24, 2.45) is 0 Å². The van der Waals surface area contributed by atoms with E-state index in [0.29, 0.717) is 17.3 Å². The first-order valence-corrected chi connectivity index (χ1v) is 7.69. The summed E-state index contributed by atoms with van der Waals surface area (Å²) in [6, 6.07) is 5.64. The SMILES string of the molecule is COc1cc(Cl)c(C)cc1NCc1sccc1NC(C)=O. The maximum Gasteiger partial charge on any atom is 0.221 e. The molecule has 0 radical (unpaired) electrons. The van der Waals surface area contributed by atoms with Gasteiger partial charge in [-0.1, -0.05) is 11.6 Å². The summed E-state index contributed by atoms with van der Waals surface area (Å²) in [7, 11) is 1.61. The van der Waals surface area contributed by atoms with E-state index in [4.69, 9.17) is 16.3 Å². The van der Waals surface area contributed by atoms with Gasteiger partial charge in [-0.3, -0.25) is 4.79 Å². The predicted octanol–water partition coefficient (Wildman–Crippen LogP) is 4.29. The van der Waals surface area contributed by atoms with Crippen LogP contribution in [0, 0.1) is 6.92 Å². The van der Waals surface area contributed by atoms with Crippen molar-refractivity contribution in [2.45, 2.75) is 20.4 Å². The normalized spacial score (nSPS) is 10.3. The standard InChI is InChI=1S/C15H17ClN2O2S/c1-9-6-13(14(20-3)7-11(9)16)17-8-15-12(4-5-21-15)18-10(2)19/h4-7,17H,8H2,1-3H3,(H,18,19). The monoisotopic (exact) mass is 324 g/mol. The van der Waals surface area contributed by atoms with Gasteiger partial charge in [0.05, 0.1) is 25.0 Å². The van der Waals surface area contributed by atoms with E-state index in [0.717, 1.165) is 21.8 Å². The number of benzene rings is 1. The van der Waals surface area contributed by atoms with E-state index in [1.165, 1.54) is 6.92 Å². The summed E-state index contributed by atoms with van der Waals surface area (Å²) in [6.07, 6.45) is 0. The lowest BCUT2D eigenvalue weighted by molar-refractivity contribution is -0.114. The van der Waals surface area contributed by atoms with Crippen molar-refractivity contribution in [3.05, 3.63) is 39.0 Å². The lowest BCUT2D eigenvalue weighted by Gasteiger charge is -2.13. The third-order valence-electron chi connectivity index (χ3n) is 2.98. The van der Waals surface area contributed by atoms with E-state index in [1.807, 2.05) is 24.4 Å². The van der Waals surface area contributed by atoms with Crippen LogP contribution in [0.3, 0.4) is 0 Å². The van der Waals surface area contributed by atoms with Crippen molar-refractivity contribution in [3.63, 3.8) is 0 Å². The minimum atomic E-state index is -0.0745. The Morgan fingerprint density at radius 2 is 2.14 bits per heavy atom. The molecule has 0 saturated heterocycles. The van der Waals surface area contributed by atoms with E-state index in [9.17, 15) is 4.79 Å². The van der Waals surface area contributed by atoms with Crippen molar-refractivity contribution in [1.82, 2.24) is 0 Å². The number of nitrogens with one attached hydrogen (secondary N) is 2. The molecule has 4 nitrogen and oxygen atoms in total. The number of amides is 1. The van der Waals surface area contributed by atoms with Gasteiger partial charge in [-0.15, -0.1) is 11.3 Å². The smallest absolute Gasteiger partial charge is 0.221 e. The molecule has 0 aliphatic carbocycles. The molecule has 112 valence electrons. The molecule has 1 amide bonds. The molecule has 0 atom stereocenters. The van der Waals surface area contributed by atoms with Crippen molar-refractivity contribution in [3.8, 4) is 5.75 Å². The van der Waals surface area contributed by atoms with Gasteiger partial charge < -0.3 is 15.4 Å². The highest BCUT2D eigenvalue weighted by atomic mass is 35.5. The molecule has 0 aliphatic heterocycles. The molecule has 0 saturated carbocycles. The third kappa shape index (κ3) is 3.89. The molecule has 1 aromatic carbocycles. The largest absolute Gasteiger partial charge is 0.495 e. The average Bonchev–Trinajstić information content (AvgIpc) is 2.86. The number of halogens is 1. The number of rotatable bonds is 5. The lowest BCUT2D eigenvalue weighted by Crippen LogP contribution is -2.08. The molecule has 2 rings (SSSR count). The Kier molecular flexibility index (Phi) is 5.09. The van der Waals surface area contributed by atoms with E-state index in [-0.39, 0.29) is 5.91 Å². The average molecular weight is 325 g/mol. The zero-order chi connectivity index (χ0) is 15.4. The fourth-order valence-corrected chi connectivity index (χ4v) is 2.85. The topological polar surface area (TPSA) is 50.4 Å². The number of aryl methyl sites for hydroxylation is 1. The van der Waals surface area contributed by atoms with Gasteiger partial charge in [0.2, 0.25) is 5.91 Å². The van der Waals surface area contributed by atoms with Gasteiger partial charge in [-0.05, 0) is 30.0 Å². The number of hydrogen-bond acceptors (Lipinski definition) is 4. The van der Waals surface area contributed by atoms with Crippen LogP contribution in [0.15, 0.2) is 23.6 Å². The van der Waals surface area contributed by atoms with Crippen LogP contribution in [-0.4, -0.2) is 13.0 Å². The van der Waals surface area contributed by atoms with Crippen molar-refractivity contribution in [2.75, 3.05) is 17.7 Å². The summed E-state index contributed by atoms with van der Waals surface area (Å²) in [5.41, 5.74) is 2.69. The van der Waals surface area contributed by atoms with E-state index < -0.39 is 0 Å². The second-order valence-corrected chi connectivity index (χ2v) is 6.00. The second kappa shape index (κ2) is 6.83. The maximum atomic E-state index is 11.2. The highest BCUT2D eigenvalue weighted by Crippen LogP contribution is 2.32. The number of ether oxygens (including phenoxy) is 1. The summed E-state index contributed by atoms with van der Waals surface area (Å²) in [5, 5.41) is 8.77. The first-order valence-electron chi connectivity index (χ1n) is 6.43. The van der Waals surface area contributed by atoms with Gasteiger partial charge in [-0.25, -0.2) is 0 Å². The Balaban J connectivity index is 2.15. The molecule has 0 bridgehead atoms. The summed E-state index contributed by atoms with van der Waals surface area (Å²) in [4.78, 5) is 12.2. The van der Waals surface area contributed by atoms with Gasteiger partial charge in [0.25, 0.3) is 0 Å². The van der Waals surface area contributed by atoms with Crippen molar-refractivity contribution in [1.29, 1.82) is 0 Å². The molecule has 0 aliphatic rings. The summed E-state index contributed by atoms with van der Waals surface area (Å²) in [6.45, 7) is 4.05. The molecule has 6 heteroatoms. The van der Waals surface area contributed by atoms with Crippen LogP contribution in [0.25, 0.3) is 0 Å². The fourth-order valence-electron chi connectivity index (χ4n) is 1.92. The third-order valence-corrected chi connectivity index (χ3v) is 4.30. The highest BCUT2D eigenvalue weighted by molar-refractivity contribution is 7.10. The van der Waals surface area contributed by atoms with Gasteiger partial charge in [0.15, 0.2) is 0 Å². The van der Waals surface area contributed by atoms with Crippen LogP contribution in [0.2, 0.25) is 5.02 Å². The Labute approximate surface area is 133 Å². The highest BCUT2D eigenvalue weighted by Gasteiger charge is 2.09. The van der Waals surface area contributed by atoms with Crippen LogP contribution in [0.4, 0.5) is 11.4 Å². The lowest BCUT2D eigenvalue weighted by atomic mass is 10.2. The van der Waals surface area contributed by atoms with Gasteiger partial charge in [0.1, 0.15) is 5.75 Å². The van der Waals surface area contributed by atoms with E-state index in [1.54, 1.807) is 24.5 Å². The number of methoxy groups -OCH3 is 1. The molecule has 0 fully saturated rings. The van der Waals surface area contributed by atoms with Crippen molar-refractivity contribution >= 4 is 40.2 Å². The molecule has 0 unspecified atom stereocenters. The van der Waals surface area contributed by atoms with E-state index in [2.05, 4.69) is 10.6 Å². The fraction of sp³-hybridized carbons (Fsp3) is 0.267. The predicted molar refractivity (Wildman–Crippen MR) is 88.7 cm³/mol. The minimum Gasteiger partial charge on any atom is -0.495 e. The molecule has 2 aromatic rings. The van der Waals surface area contributed by atoms with Crippen LogP contribution in [0.1, 0.15) is 17.4 Å². The van der Waals surface area contributed by atoms with Gasteiger partial charge >= 0.3 is 0 Å². The first-order chi connectivity index (χ1) is 10.0. The van der Waals surface area contributed by atoms with E-state index >= 15 is 0 Å². The molecule has 0 spiro atoms. The summed E-state index contributed by atoms with van der Waals surface area (Å²) < 4.78 is 5.33. The maximum absolute atomic E-state index is 11.2. The summed E-state index contributed by atoms with van der Waals surface area (Å²) >= 11 is 7.68. The summed E-state index contributed by atoms with van der Waals surface area (Å²) in [5.74, 6) is 0.623. The quantitative estimate of drug-likeness (QED) is 0.862. The zero-order valence-electron chi connectivity index (χ0n) is 12.1. The minimum absolute atomic E-state index is 0.0745. The Bertz CT molecular complexity index is 655. The zero-order valence-corrected chi connectivity index (χ0v) is 13.7. The Morgan fingerprint density at radius 1 is 1.38 bits per heavy atom. The van der Waals surface area contributed by atoms with Crippen molar-refractivity contribution < 1.29 is 9.53 Å². The van der Waals surface area contributed by atoms with Gasteiger partial charge in [0, 0.05) is 22.9 Å². The van der Waals surface area contributed by atoms with Crippen LogP contribution < -0.4 is 15.4 Å². The number of hydrogen-bond donors (Lipinski definition) is 2. The van der Waals surface area contributed by atoms with Gasteiger partial charge in [-0.2, -0.15) is 0 Å². The number of carbonyl (C=O) groups is 1. The number of carbonyl (C=O) groups excluding carboxylic acids is 1. The molecule has 2 N–H and O–H groups in total. The Hall–Kier alpha value is -1.72. The van der Waals surface area contributed by atoms with Crippen LogP contribution in [-0.2, 0) is 11.3 Å². The molecular weight excluding hydrogens is 308 g/mol. The molecule has 1 heterocycles. The number of anilines is 2. The molecule has 1 aromatic heterocycles. The molecule has 21 heavy (non-hydrogen) atoms.